The van der Waals surface area contributed by atoms with Crippen molar-refractivity contribution in [1.82, 2.24) is 0 Å². The summed E-state index contributed by atoms with van der Waals surface area (Å²) < 4.78 is 0. The summed E-state index contributed by atoms with van der Waals surface area (Å²) in [6.45, 7) is 2.20. The van der Waals surface area contributed by atoms with Gasteiger partial charge in [0.25, 0.3) is 0 Å². The second-order valence-electron chi connectivity index (χ2n) is 6.90. The van der Waals surface area contributed by atoms with Gasteiger partial charge in [0.2, 0.25) is 0 Å². The van der Waals surface area contributed by atoms with E-state index >= 15 is 0 Å². The quantitative estimate of drug-likeness (QED) is 0.739. The Balaban J connectivity index is 1.80. The Labute approximate surface area is 148 Å². The number of aliphatic hydroxyl groups is 1. The van der Waals surface area contributed by atoms with Crippen LogP contribution < -0.4 is 4.90 Å². The number of aliphatic hydroxyl groups excluding tert-OH is 1. The number of rotatable bonds is 3. The Morgan fingerprint density at radius 2 is 1.72 bits per heavy atom. The summed E-state index contributed by atoms with van der Waals surface area (Å²) in [4.78, 5) is 2.27. The lowest BCUT2D eigenvalue weighted by molar-refractivity contribution is 0.265. The fourth-order valence-corrected chi connectivity index (χ4v) is 4.02. The van der Waals surface area contributed by atoms with Gasteiger partial charge in [-0.3, -0.25) is 0 Å². The third-order valence-electron chi connectivity index (χ3n) is 5.34. The summed E-state index contributed by atoms with van der Waals surface area (Å²) >= 11 is 0. The van der Waals surface area contributed by atoms with Crippen LogP contribution in [0.15, 0.2) is 60.7 Å². The van der Waals surface area contributed by atoms with Crippen molar-refractivity contribution in [3.05, 3.63) is 71.8 Å². The number of aryl methyl sites for hydroxylation is 1. The predicted octanol–water partition coefficient (Wildman–Crippen LogP) is 4.56. The van der Waals surface area contributed by atoms with Crippen LogP contribution in [-0.2, 0) is 0 Å². The monoisotopic (exact) mass is 333 g/mol. The van der Waals surface area contributed by atoms with Crippen LogP contribution in [0.25, 0.3) is 10.8 Å². The van der Waals surface area contributed by atoms with Crippen molar-refractivity contribution < 1.29 is 10.2 Å². The molecule has 0 bridgehead atoms. The molecule has 3 aromatic carbocycles. The highest BCUT2D eigenvalue weighted by Gasteiger charge is 2.35. The molecule has 0 unspecified atom stereocenters. The van der Waals surface area contributed by atoms with Gasteiger partial charge in [-0.15, -0.1) is 0 Å². The Bertz CT molecular complexity index is 888. The highest BCUT2D eigenvalue weighted by molar-refractivity contribution is 5.89. The Hall–Kier alpha value is -2.52. The van der Waals surface area contributed by atoms with Gasteiger partial charge >= 0.3 is 0 Å². The fourth-order valence-electron chi connectivity index (χ4n) is 4.02. The molecule has 2 atom stereocenters. The van der Waals surface area contributed by atoms with Gasteiger partial charge in [-0.05, 0) is 37.3 Å². The molecule has 1 heterocycles. The molecule has 25 heavy (non-hydrogen) atoms. The molecule has 1 saturated heterocycles. The van der Waals surface area contributed by atoms with Crippen molar-refractivity contribution in [2.75, 3.05) is 11.5 Å². The molecule has 1 aliphatic heterocycles. The number of nitrogens with zero attached hydrogens (tertiary/aromatic N) is 1. The summed E-state index contributed by atoms with van der Waals surface area (Å²) in [6, 6.07) is 20.6. The van der Waals surface area contributed by atoms with Gasteiger partial charge < -0.3 is 15.1 Å². The van der Waals surface area contributed by atoms with E-state index in [9.17, 15) is 10.2 Å². The van der Waals surface area contributed by atoms with Gasteiger partial charge in [-0.25, -0.2) is 0 Å². The molecule has 1 aliphatic rings. The zero-order valence-electron chi connectivity index (χ0n) is 14.4. The molecule has 0 spiro atoms. The van der Waals surface area contributed by atoms with Gasteiger partial charge in [0.15, 0.2) is 0 Å². The third-order valence-corrected chi connectivity index (χ3v) is 5.34. The van der Waals surface area contributed by atoms with Crippen molar-refractivity contribution in [2.24, 2.45) is 0 Å². The van der Waals surface area contributed by atoms with Crippen LogP contribution in [0.2, 0.25) is 0 Å². The zero-order chi connectivity index (χ0) is 17.4. The highest BCUT2D eigenvalue weighted by Crippen LogP contribution is 2.44. The SMILES string of the molecule is Cc1ccc(N2[C@@H](CO)CC[C@H]2c2ccc3ccccc3c2O)cc1. The minimum atomic E-state index is 0.0736. The van der Waals surface area contributed by atoms with E-state index in [1.165, 1.54) is 5.56 Å². The standard InChI is InChI=1S/C22H23NO2/c1-15-6-9-17(10-7-15)23-18(14-24)11-13-21(23)20-12-8-16-4-2-3-5-19(16)22(20)25/h2-10,12,18,21,24-25H,11,13-14H2,1H3/t18-,21+/m1/s1. The Morgan fingerprint density at radius 1 is 0.960 bits per heavy atom. The molecule has 2 N–H and O–H groups in total. The average Bonchev–Trinajstić information content (AvgIpc) is 3.07. The summed E-state index contributed by atoms with van der Waals surface area (Å²) in [6.07, 6.45) is 1.84. The van der Waals surface area contributed by atoms with Crippen LogP contribution in [0.3, 0.4) is 0 Å². The maximum Gasteiger partial charge on any atom is 0.128 e. The number of phenolic OH excluding ortho intramolecular Hbond substituents is 1. The lowest BCUT2D eigenvalue weighted by Crippen LogP contribution is -2.34. The van der Waals surface area contributed by atoms with Crippen molar-refractivity contribution in [3.63, 3.8) is 0 Å². The molecule has 0 radical (unpaired) electrons. The average molecular weight is 333 g/mol. The Morgan fingerprint density at radius 3 is 2.48 bits per heavy atom. The molecular formula is C22H23NO2. The third kappa shape index (κ3) is 2.75. The zero-order valence-corrected chi connectivity index (χ0v) is 14.4. The first-order valence-electron chi connectivity index (χ1n) is 8.85. The topological polar surface area (TPSA) is 43.7 Å². The van der Waals surface area contributed by atoms with E-state index in [1.807, 2.05) is 30.3 Å². The summed E-state index contributed by atoms with van der Waals surface area (Å²) in [5, 5.41) is 22.7. The van der Waals surface area contributed by atoms with Crippen LogP contribution in [0.5, 0.6) is 5.75 Å². The van der Waals surface area contributed by atoms with Gasteiger partial charge in [0.1, 0.15) is 5.75 Å². The maximum absolute atomic E-state index is 10.9. The van der Waals surface area contributed by atoms with Gasteiger partial charge in [0, 0.05) is 16.6 Å². The smallest absolute Gasteiger partial charge is 0.128 e. The number of hydrogen-bond donors (Lipinski definition) is 2. The molecule has 0 saturated carbocycles. The molecule has 0 amide bonds. The number of anilines is 1. The molecule has 4 rings (SSSR count). The lowest BCUT2D eigenvalue weighted by atomic mass is 9.98. The summed E-state index contributed by atoms with van der Waals surface area (Å²) in [7, 11) is 0. The summed E-state index contributed by atoms with van der Waals surface area (Å²) in [5.74, 6) is 0.360. The van der Waals surface area contributed by atoms with Crippen molar-refractivity contribution in [2.45, 2.75) is 31.8 Å². The summed E-state index contributed by atoms with van der Waals surface area (Å²) in [5.41, 5.74) is 3.25. The molecule has 0 aromatic heterocycles. The van der Waals surface area contributed by atoms with Crippen molar-refractivity contribution in [3.8, 4) is 5.75 Å². The Kier molecular flexibility index (Phi) is 4.10. The van der Waals surface area contributed by atoms with E-state index in [4.69, 9.17) is 0 Å². The van der Waals surface area contributed by atoms with E-state index < -0.39 is 0 Å². The first kappa shape index (κ1) is 16.0. The van der Waals surface area contributed by atoms with Gasteiger partial charge in [-0.2, -0.15) is 0 Å². The van der Waals surface area contributed by atoms with Gasteiger partial charge in [-0.1, -0.05) is 54.1 Å². The van der Waals surface area contributed by atoms with Crippen LogP contribution >= 0.6 is 0 Å². The van der Waals surface area contributed by atoms with E-state index in [0.717, 1.165) is 34.9 Å². The molecule has 3 nitrogen and oxygen atoms in total. The predicted molar refractivity (Wildman–Crippen MR) is 102 cm³/mol. The fraction of sp³-hybridized carbons (Fsp3) is 0.273. The van der Waals surface area contributed by atoms with Crippen LogP contribution in [0, 0.1) is 6.92 Å². The molecule has 3 aromatic rings. The molecule has 1 fully saturated rings. The van der Waals surface area contributed by atoms with Gasteiger partial charge in [0.05, 0.1) is 18.7 Å². The van der Waals surface area contributed by atoms with Crippen LogP contribution in [-0.4, -0.2) is 22.9 Å². The number of phenols is 1. The van der Waals surface area contributed by atoms with E-state index in [0.29, 0.717) is 5.75 Å². The number of fused-ring (bicyclic) bond motifs is 1. The number of aromatic hydroxyl groups is 1. The maximum atomic E-state index is 10.9. The van der Waals surface area contributed by atoms with E-state index in [1.54, 1.807) is 0 Å². The highest BCUT2D eigenvalue weighted by atomic mass is 16.3. The number of benzene rings is 3. The number of hydrogen-bond acceptors (Lipinski definition) is 3. The second-order valence-corrected chi connectivity index (χ2v) is 6.90. The molecular weight excluding hydrogens is 310 g/mol. The second kappa shape index (κ2) is 6.41. The van der Waals surface area contributed by atoms with E-state index in [-0.39, 0.29) is 18.7 Å². The molecule has 3 heteroatoms. The molecule has 0 aliphatic carbocycles. The first-order valence-corrected chi connectivity index (χ1v) is 8.85. The van der Waals surface area contributed by atoms with Crippen molar-refractivity contribution >= 4 is 16.5 Å². The molecule has 128 valence electrons. The minimum Gasteiger partial charge on any atom is -0.507 e. The van der Waals surface area contributed by atoms with Crippen molar-refractivity contribution in [1.29, 1.82) is 0 Å². The van der Waals surface area contributed by atoms with Crippen LogP contribution in [0.1, 0.15) is 30.0 Å². The largest absolute Gasteiger partial charge is 0.507 e. The normalized spacial score (nSPS) is 20.3. The van der Waals surface area contributed by atoms with Crippen LogP contribution in [0.4, 0.5) is 5.69 Å². The first-order chi connectivity index (χ1) is 12.2. The van der Waals surface area contributed by atoms with E-state index in [2.05, 4.69) is 42.2 Å². The minimum absolute atomic E-state index is 0.0736. The lowest BCUT2D eigenvalue weighted by Gasteiger charge is -2.32.